The molecular formula is C15H13ClN2S. The van der Waals surface area contributed by atoms with Gasteiger partial charge in [-0.2, -0.15) is 11.3 Å². The van der Waals surface area contributed by atoms with Gasteiger partial charge in [-0.1, -0.05) is 31.5 Å². The summed E-state index contributed by atoms with van der Waals surface area (Å²) >= 11 is 7.94. The molecule has 4 heteroatoms. The molecule has 0 spiro atoms. The monoisotopic (exact) mass is 288 g/mol. The fourth-order valence-corrected chi connectivity index (χ4v) is 2.85. The zero-order valence-electron chi connectivity index (χ0n) is 10.7. The number of rotatable bonds is 2. The fraction of sp³-hybridized carbons (Fsp3) is 0.200. The SMILES string of the molecule is CC(C)c1ccc2nc(-c3ccsc3)nc(Cl)c2c1. The summed E-state index contributed by atoms with van der Waals surface area (Å²) in [7, 11) is 0. The van der Waals surface area contributed by atoms with Crippen LogP contribution in [0.25, 0.3) is 22.3 Å². The topological polar surface area (TPSA) is 25.8 Å². The van der Waals surface area contributed by atoms with Crippen LogP contribution in [0.15, 0.2) is 35.0 Å². The van der Waals surface area contributed by atoms with Crippen LogP contribution in [0.5, 0.6) is 0 Å². The largest absolute Gasteiger partial charge is 0.228 e. The van der Waals surface area contributed by atoms with Crippen molar-refractivity contribution >= 4 is 33.8 Å². The second-order valence-corrected chi connectivity index (χ2v) is 5.92. The first kappa shape index (κ1) is 12.6. The average Bonchev–Trinajstić information content (AvgIpc) is 2.92. The van der Waals surface area contributed by atoms with Gasteiger partial charge < -0.3 is 0 Å². The zero-order chi connectivity index (χ0) is 13.4. The molecule has 96 valence electrons. The Labute approximate surface area is 121 Å². The summed E-state index contributed by atoms with van der Waals surface area (Å²) in [5, 5.41) is 5.49. The van der Waals surface area contributed by atoms with Crippen LogP contribution in [-0.4, -0.2) is 9.97 Å². The number of aromatic nitrogens is 2. The van der Waals surface area contributed by atoms with E-state index in [9.17, 15) is 0 Å². The lowest BCUT2D eigenvalue weighted by Crippen LogP contribution is -1.93. The van der Waals surface area contributed by atoms with Crippen LogP contribution < -0.4 is 0 Å². The minimum Gasteiger partial charge on any atom is -0.228 e. The van der Waals surface area contributed by atoms with Gasteiger partial charge in [-0.25, -0.2) is 9.97 Å². The van der Waals surface area contributed by atoms with Gasteiger partial charge in [0.25, 0.3) is 0 Å². The van der Waals surface area contributed by atoms with E-state index < -0.39 is 0 Å². The van der Waals surface area contributed by atoms with Crippen molar-refractivity contribution in [1.82, 2.24) is 9.97 Å². The number of halogens is 1. The number of hydrogen-bond donors (Lipinski definition) is 0. The Morgan fingerprint density at radius 3 is 2.68 bits per heavy atom. The van der Waals surface area contributed by atoms with Crippen LogP contribution in [-0.2, 0) is 0 Å². The van der Waals surface area contributed by atoms with E-state index in [0.717, 1.165) is 16.5 Å². The molecule has 0 unspecified atom stereocenters. The molecule has 0 fully saturated rings. The van der Waals surface area contributed by atoms with Gasteiger partial charge in [0, 0.05) is 16.3 Å². The van der Waals surface area contributed by atoms with Crippen molar-refractivity contribution in [3.63, 3.8) is 0 Å². The van der Waals surface area contributed by atoms with Gasteiger partial charge in [-0.3, -0.25) is 0 Å². The first-order valence-electron chi connectivity index (χ1n) is 6.15. The normalized spacial score (nSPS) is 11.4. The molecule has 0 bridgehead atoms. The quantitative estimate of drug-likeness (QED) is 0.611. The summed E-state index contributed by atoms with van der Waals surface area (Å²) in [6.45, 7) is 4.32. The molecular weight excluding hydrogens is 276 g/mol. The van der Waals surface area contributed by atoms with E-state index >= 15 is 0 Å². The highest BCUT2D eigenvalue weighted by molar-refractivity contribution is 7.08. The molecule has 0 aliphatic heterocycles. The molecule has 0 amide bonds. The van der Waals surface area contributed by atoms with E-state index in [2.05, 4.69) is 35.9 Å². The highest BCUT2D eigenvalue weighted by Gasteiger charge is 2.10. The Balaban J connectivity index is 2.20. The molecule has 0 saturated heterocycles. The lowest BCUT2D eigenvalue weighted by atomic mass is 10.0. The van der Waals surface area contributed by atoms with Crippen LogP contribution in [0.3, 0.4) is 0 Å². The number of fused-ring (bicyclic) bond motifs is 1. The van der Waals surface area contributed by atoms with Gasteiger partial charge in [-0.05, 0) is 35.1 Å². The Hall–Kier alpha value is -1.45. The van der Waals surface area contributed by atoms with Crippen LogP contribution in [0.1, 0.15) is 25.3 Å². The molecule has 0 atom stereocenters. The van der Waals surface area contributed by atoms with Crippen molar-refractivity contribution in [2.24, 2.45) is 0 Å². The molecule has 3 aromatic rings. The van der Waals surface area contributed by atoms with E-state index in [1.807, 2.05) is 22.9 Å². The lowest BCUT2D eigenvalue weighted by molar-refractivity contribution is 0.868. The predicted molar refractivity (Wildman–Crippen MR) is 82.0 cm³/mol. The molecule has 0 aliphatic rings. The Morgan fingerprint density at radius 2 is 2.00 bits per heavy atom. The second-order valence-electron chi connectivity index (χ2n) is 4.78. The molecule has 3 rings (SSSR count). The molecule has 0 radical (unpaired) electrons. The minimum absolute atomic E-state index is 0.469. The lowest BCUT2D eigenvalue weighted by Gasteiger charge is -2.08. The Bertz CT molecular complexity index is 720. The minimum atomic E-state index is 0.469. The summed E-state index contributed by atoms with van der Waals surface area (Å²) in [6, 6.07) is 8.21. The molecule has 2 nitrogen and oxygen atoms in total. The van der Waals surface area contributed by atoms with Gasteiger partial charge in [0.05, 0.1) is 5.52 Å². The van der Waals surface area contributed by atoms with Crippen LogP contribution in [0.2, 0.25) is 5.15 Å². The summed E-state index contributed by atoms with van der Waals surface area (Å²) in [4.78, 5) is 9.00. The van der Waals surface area contributed by atoms with E-state index in [4.69, 9.17) is 11.6 Å². The van der Waals surface area contributed by atoms with E-state index in [0.29, 0.717) is 16.9 Å². The average molecular weight is 289 g/mol. The summed E-state index contributed by atoms with van der Waals surface area (Å²) in [5.74, 6) is 1.16. The Morgan fingerprint density at radius 1 is 1.16 bits per heavy atom. The highest BCUT2D eigenvalue weighted by atomic mass is 35.5. The standard InChI is InChI=1S/C15H13ClN2S/c1-9(2)10-3-4-13-12(7-10)14(16)18-15(17-13)11-5-6-19-8-11/h3-9H,1-2H3. The molecule has 0 aliphatic carbocycles. The fourth-order valence-electron chi connectivity index (χ4n) is 1.99. The van der Waals surface area contributed by atoms with E-state index in [1.54, 1.807) is 11.3 Å². The summed E-state index contributed by atoms with van der Waals surface area (Å²) in [6.07, 6.45) is 0. The van der Waals surface area contributed by atoms with Crippen molar-refractivity contribution in [2.75, 3.05) is 0 Å². The van der Waals surface area contributed by atoms with E-state index in [-0.39, 0.29) is 0 Å². The van der Waals surface area contributed by atoms with Crippen molar-refractivity contribution in [1.29, 1.82) is 0 Å². The maximum atomic E-state index is 6.31. The van der Waals surface area contributed by atoms with Crippen LogP contribution in [0.4, 0.5) is 0 Å². The highest BCUT2D eigenvalue weighted by Crippen LogP contribution is 2.28. The van der Waals surface area contributed by atoms with Crippen molar-refractivity contribution in [3.05, 3.63) is 45.7 Å². The molecule has 0 saturated carbocycles. The van der Waals surface area contributed by atoms with Gasteiger partial charge in [-0.15, -0.1) is 0 Å². The van der Waals surface area contributed by atoms with Gasteiger partial charge >= 0.3 is 0 Å². The molecule has 2 heterocycles. The third kappa shape index (κ3) is 2.36. The summed E-state index contributed by atoms with van der Waals surface area (Å²) < 4.78 is 0. The van der Waals surface area contributed by atoms with Gasteiger partial charge in [0.2, 0.25) is 0 Å². The molecule has 19 heavy (non-hydrogen) atoms. The van der Waals surface area contributed by atoms with Crippen LogP contribution >= 0.6 is 22.9 Å². The molecule has 0 N–H and O–H groups in total. The predicted octanol–water partition coefficient (Wildman–Crippen LogP) is 5.14. The van der Waals surface area contributed by atoms with Crippen molar-refractivity contribution in [2.45, 2.75) is 19.8 Å². The van der Waals surface area contributed by atoms with Crippen LogP contribution in [0, 0.1) is 0 Å². The van der Waals surface area contributed by atoms with Gasteiger partial charge in [0.15, 0.2) is 5.82 Å². The first-order chi connectivity index (χ1) is 9.15. The first-order valence-corrected chi connectivity index (χ1v) is 7.47. The third-order valence-electron chi connectivity index (χ3n) is 3.12. The zero-order valence-corrected chi connectivity index (χ0v) is 12.3. The number of benzene rings is 1. The number of nitrogens with zero attached hydrogens (tertiary/aromatic N) is 2. The molecule has 2 aromatic heterocycles. The smallest absolute Gasteiger partial charge is 0.162 e. The van der Waals surface area contributed by atoms with Gasteiger partial charge in [0.1, 0.15) is 5.15 Å². The van der Waals surface area contributed by atoms with Crippen molar-refractivity contribution in [3.8, 4) is 11.4 Å². The van der Waals surface area contributed by atoms with E-state index in [1.165, 1.54) is 5.56 Å². The maximum Gasteiger partial charge on any atom is 0.162 e. The summed E-state index contributed by atoms with van der Waals surface area (Å²) in [5.41, 5.74) is 3.16. The molecule has 1 aromatic carbocycles. The number of hydrogen-bond acceptors (Lipinski definition) is 3. The second kappa shape index (κ2) is 4.91. The Kier molecular flexibility index (Phi) is 3.25. The number of thiophene rings is 1. The van der Waals surface area contributed by atoms with Crippen molar-refractivity contribution < 1.29 is 0 Å². The third-order valence-corrected chi connectivity index (χ3v) is 4.09. The maximum absolute atomic E-state index is 6.31.